The second kappa shape index (κ2) is 9.34. The van der Waals surface area contributed by atoms with E-state index in [0.717, 1.165) is 44.1 Å². The maximum Gasteiger partial charge on any atom is 0.323 e. The van der Waals surface area contributed by atoms with Crippen LogP contribution in [0.4, 0.5) is 0 Å². The first-order chi connectivity index (χ1) is 12.0. The van der Waals surface area contributed by atoms with Gasteiger partial charge in [-0.05, 0) is 36.5 Å². The van der Waals surface area contributed by atoms with E-state index >= 15 is 0 Å². The number of rotatable bonds is 8. The van der Waals surface area contributed by atoms with Crippen LogP contribution in [0.5, 0.6) is 0 Å². The highest BCUT2D eigenvalue weighted by Gasteiger charge is 2.29. The number of sulfonamides is 1. The van der Waals surface area contributed by atoms with E-state index in [2.05, 4.69) is 11.6 Å². The molecular formula is C19H29NO4S. The van der Waals surface area contributed by atoms with Gasteiger partial charge in [-0.3, -0.25) is 4.79 Å². The molecule has 0 heterocycles. The lowest BCUT2D eigenvalue weighted by Gasteiger charge is -2.25. The second-order valence-corrected chi connectivity index (χ2v) is 8.54. The molecule has 0 spiro atoms. The molecule has 5 nitrogen and oxygen atoms in total. The van der Waals surface area contributed by atoms with E-state index < -0.39 is 22.0 Å². The quantitative estimate of drug-likeness (QED) is 0.715. The summed E-state index contributed by atoms with van der Waals surface area (Å²) in [6.45, 7) is 2.08. The predicted octanol–water partition coefficient (Wildman–Crippen LogP) is 3.43. The van der Waals surface area contributed by atoms with Crippen LogP contribution < -0.4 is 4.72 Å². The van der Waals surface area contributed by atoms with E-state index in [0.29, 0.717) is 12.3 Å². The van der Waals surface area contributed by atoms with Gasteiger partial charge in [0.25, 0.3) is 0 Å². The third-order valence-corrected chi connectivity index (χ3v) is 6.34. The van der Waals surface area contributed by atoms with Crippen molar-refractivity contribution in [2.45, 2.75) is 69.2 Å². The summed E-state index contributed by atoms with van der Waals surface area (Å²) in [6, 6.07) is 6.02. The van der Waals surface area contributed by atoms with Crippen molar-refractivity contribution in [2.75, 3.05) is 7.11 Å². The van der Waals surface area contributed by atoms with Gasteiger partial charge in [0.15, 0.2) is 0 Å². The van der Waals surface area contributed by atoms with Gasteiger partial charge in [-0.1, -0.05) is 57.6 Å². The summed E-state index contributed by atoms with van der Waals surface area (Å²) in [5.74, 6) is -0.149. The van der Waals surface area contributed by atoms with Crippen LogP contribution in [-0.2, 0) is 26.0 Å². The van der Waals surface area contributed by atoms with Crippen molar-refractivity contribution in [3.05, 3.63) is 29.8 Å². The highest BCUT2D eigenvalue weighted by atomic mass is 32.2. The molecule has 0 saturated heterocycles. The Morgan fingerprint density at radius 1 is 1.20 bits per heavy atom. The summed E-state index contributed by atoms with van der Waals surface area (Å²) in [7, 11) is -2.45. The van der Waals surface area contributed by atoms with Crippen LogP contribution >= 0.6 is 0 Å². The second-order valence-electron chi connectivity index (χ2n) is 6.83. The zero-order chi connectivity index (χ0) is 18.3. The SMILES string of the molecule is CCCc1ccc(S(=O)(=O)NC(CC2CCCCC2)C(=O)OC)cc1. The van der Waals surface area contributed by atoms with Gasteiger partial charge in [-0.15, -0.1) is 0 Å². The van der Waals surface area contributed by atoms with Gasteiger partial charge >= 0.3 is 5.97 Å². The minimum Gasteiger partial charge on any atom is -0.468 e. The van der Waals surface area contributed by atoms with Crippen molar-refractivity contribution < 1.29 is 17.9 Å². The molecule has 0 aliphatic heterocycles. The number of hydrogen-bond acceptors (Lipinski definition) is 4. The normalized spacial score (nSPS) is 17.2. The van der Waals surface area contributed by atoms with Crippen molar-refractivity contribution in [2.24, 2.45) is 5.92 Å². The summed E-state index contributed by atoms with van der Waals surface area (Å²) in [4.78, 5) is 12.3. The molecule has 2 rings (SSSR count). The molecule has 0 amide bonds. The molecule has 1 aliphatic carbocycles. The number of nitrogens with one attached hydrogen (secondary N) is 1. The monoisotopic (exact) mass is 367 g/mol. The molecule has 1 atom stereocenters. The van der Waals surface area contributed by atoms with Crippen LogP contribution in [0.25, 0.3) is 0 Å². The van der Waals surface area contributed by atoms with Gasteiger partial charge in [0.05, 0.1) is 12.0 Å². The van der Waals surface area contributed by atoms with Crippen LogP contribution in [-0.4, -0.2) is 27.5 Å². The maximum absolute atomic E-state index is 12.7. The van der Waals surface area contributed by atoms with E-state index in [1.165, 1.54) is 13.5 Å². The lowest BCUT2D eigenvalue weighted by atomic mass is 9.85. The first-order valence-electron chi connectivity index (χ1n) is 9.15. The third-order valence-electron chi connectivity index (χ3n) is 4.85. The topological polar surface area (TPSA) is 72.5 Å². The number of carbonyl (C=O) groups is 1. The van der Waals surface area contributed by atoms with Crippen LogP contribution in [0.1, 0.15) is 57.4 Å². The van der Waals surface area contributed by atoms with Crippen molar-refractivity contribution in [1.82, 2.24) is 4.72 Å². The van der Waals surface area contributed by atoms with E-state index in [9.17, 15) is 13.2 Å². The molecule has 0 radical (unpaired) electrons. The van der Waals surface area contributed by atoms with Crippen molar-refractivity contribution in [3.8, 4) is 0 Å². The summed E-state index contributed by atoms with van der Waals surface area (Å²) in [5, 5.41) is 0. The smallest absolute Gasteiger partial charge is 0.323 e. The molecule has 1 aliphatic rings. The van der Waals surface area contributed by atoms with Gasteiger partial charge in [-0.25, -0.2) is 8.42 Å². The Balaban J connectivity index is 2.10. The lowest BCUT2D eigenvalue weighted by Crippen LogP contribution is -2.42. The molecule has 1 unspecified atom stereocenters. The minimum absolute atomic E-state index is 0.185. The zero-order valence-electron chi connectivity index (χ0n) is 15.2. The number of ether oxygens (including phenoxy) is 1. The molecule has 25 heavy (non-hydrogen) atoms. The summed E-state index contributed by atoms with van der Waals surface area (Å²) in [5.41, 5.74) is 1.10. The maximum atomic E-state index is 12.7. The Morgan fingerprint density at radius 2 is 1.84 bits per heavy atom. The lowest BCUT2D eigenvalue weighted by molar-refractivity contribution is -0.143. The van der Waals surface area contributed by atoms with Crippen LogP contribution in [0.2, 0.25) is 0 Å². The first kappa shape index (κ1) is 19.9. The average Bonchev–Trinajstić information content (AvgIpc) is 2.62. The fraction of sp³-hybridized carbons (Fsp3) is 0.632. The van der Waals surface area contributed by atoms with E-state index in [4.69, 9.17) is 4.74 Å². The number of hydrogen-bond donors (Lipinski definition) is 1. The molecule has 1 N–H and O–H groups in total. The number of carbonyl (C=O) groups excluding carboxylic acids is 1. The number of benzene rings is 1. The number of aryl methyl sites for hydroxylation is 1. The Labute approximate surface area is 151 Å². The van der Waals surface area contributed by atoms with Crippen molar-refractivity contribution >= 4 is 16.0 Å². The van der Waals surface area contributed by atoms with Crippen LogP contribution in [0.15, 0.2) is 29.2 Å². The van der Waals surface area contributed by atoms with Gasteiger partial charge < -0.3 is 4.74 Å². The highest BCUT2D eigenvalue weighted by molar-refractivity contribution is 7.89. The largest absolute Gasteiger partial charge is 0.468 e. The Hall–Kier alpha value is -1.40. The van der Waals surface area contributed by atoms with E-state index in [1.54, 1.807) is 12.1 Å². The highest BCUT2D eigenvalue weighted by Crippen LogP contribution is 2.28. The molecule has 6 heteroatoms. The Bertz CT molecular complexity index is 649. The molecule has 1 fully saturated rings. The fourth-order valence-corrected chi connectivity index (χ4v) is 4.67. The fourth-order valence-electron chi connectivity index (χ4n) is 3.47. The third kappa shape index (κ3) is 5.82. The minimum atomic E-state index is -3.75. The summed E-state index contributed by atoms with van der Waals surface area (Å²) >= 11 is 0. The van der Waals surface area contributed by atoms with Gasteiger partial charge in [0.1, 0.15) is 6.04 Å². The van der Waals surface area contributed by atoms with E-state index in [-0.39, 0.29) is 4.90 Å². The summed E-state index contributed by atoms with van der Waals surface area (Å²) in [6.07, 6.45) is 8.02. The Morgan fingerprint density at radius 3 is 2.40 bits per heavy atom. The predicted molar refractivity (Wildman–Crippen MR) is 97.8 cm³/mol. The molecule has 1 saturated carbocycles. The Kier molecular flexibility index (Phi) is 7.44. The average molecular weight is 368 g/mol. The van der Waals surface area contributed by atoms with Gasteiger partial charge in [0, 0.05) is 0 Å². The molecule has 1 aromatic rings. The molecule has 0 bridgehead atoms. The van der Waals surface area contributed by atoms with Gasteiger partial charge in [-0.2, -0.15) is 4.72 Å². The summed E-state index contributed by atoms with van der Waals surface area (Å²) < 4.78 is 32.7. The zero-order valence-corrected chi connectivity index (χ0v) is 16.0. The van der Waals surface area contributed by atoms with E-state index in [1.807, 2.05) is 12.1 Å². The van der Waals surface area contributed by atoms with Crippen molar-refractivity contribution in [1.29, 1.82) is 0 Å². The number of methoxy groups -OCH3 is 1. The molecule has 140 valence electrons. The molecule has 1 aromatic carbocycles. The molecular weight excluding hydrogens is 338 g/mol. The van der Waals surface area contributed by atoms with Crippen LogP contribution in [0, 0.1) is 5.92 Å². The molecule has 0 aromatic heterocycles. The van der Waals surface area contributed by atoms with Crippen LogP contribution in [0.3, 0.4) is 0 Å². The standard InChI is InChI=1S/C19H29NO4S/c1-3-7-15-10-12-17(13-11-15)25(22,23)20-18(19(21)24-2)14-16-8-5-4-6-9-16/h10-13,16,18,20H,3-9,14H2,1-2H3. The number of esters is 1. The van der Waals surface area contributed by atoms with Gasteiger partial charge in [0.2, 0.25) is 10.0 Å². The van der Waals surface area contributed by atoms with Crippen molar-refractivity contribution in [3.63, 3.8) is 0 Å². The first-order valence-corrected chi connectivity index (χ1v) is 10.6.